The van der Waals surface area contributed by atoms with E-state index < -0.39 is 0 Å². The van der Waals surface area contributed by atoms with Crippen LogP contribution in [0, 0.1) is 5.41 Å². The topological polar surface area (TPSA) is 12.0 Å². The van der Waals surface area contributed by atoms with E-state index in [-0.39, 0.29) is 0 Å². The summed E-state index contributed by atoms with van der Waals surface area (Å²) in [7, 11) is 0. The van der Waals surface area contributed by atoms with Crippen LogP contribution in [0.3, 0.4) is 0 Å². The first-order valence-corrected chi connectivity index (χ1v) is 7.29. The fourth-order valence-corrected chi connectivity index (χ4v) is 2.52. The summed E-state index contributed by atoms with van der Waals surface area (Å²) in [5.74, 6) is 0. The van der Waals surface area contributed by atoms with Gasteiger partial charge in [-0.1, -0.05) is 27.7 Å². The third kappa shape index (κ3) is 3.91. The van der Waals surface area contributed by atoms with E-state index in [4.69, 9.17) is 0 Å². The molecule has 0 radical (unpaired) electrons. The van der Waals surface area contributed by atoms with Gasteiger partial charge in [-0.3, -0.25) is 0 Å². The van der Waals surface area contributed by atoms with E-state index in [0.29, 0.717) is 11.5 Å². The summed E-state index contributed by atoms with van der Waals surface area (Å²) in [5.41, 5.74) is 1.84. The maximum atomic E-state index is 3.70. The maximum Gasteiger partial charge on any atom is 0.0159 e. The highest BCUT2D eigenvalue weighted by Crippen LogP contribution is 2.27. The highest BCUT2D eigenvalue weighted by Gasteiger charge is 2.27. The van der Waals surface area contributed by atoms with Crippen molar-refractivity contribution in [1.82, 2.24) is 5.32 Å². The molecule has 1 nitrogen and oxygen atoms in total. The number of hydrogen-bond acceptors (Lipinski definition) is 2. The van der Waals surface area contributed by atoms with E-state index >= 15 is 0 Å². The van der Waals surface area contributed by atoms with Crippen LogP contribution in [0.25, 0.3) is 0 Å². The Bertz CT molecular complexity index is 277. The van der Waals surface area contributed by atoms with Crippen molar-refractivity contribution in [3.05, 3.63) is 22.4 Å². The van der Waals surface area contributed by atoms with Crippen molar-refractivity contribution < 1.29 is 0 Å². The van der Waals surface area contributed by atoms with Crippen LogP contribution in [0.2, 0.25) is 0 Å². The average molecular weight is 239 g/mol. The summed E-state index contributed by atoms with van der Waals surface area (Å²) in [5, 5.41) is 8.15. The SMILES string of the molecule is CCCNC(Cc1ccsc1)C(C)(C)CC. The molecule has 0 saturated heterocycles. The molecule has 0 saturated carbocycles. The molecule has 0 aromatic carbocycles. The molecule has 0 fully saturated rings. The molecule has 0 aliphatic heterocycles. The van der Waals surface area contributed by atoms with Gasteiger partial charge in [-0.05, 0) is 53.6 Å². The van der Waals surface area contributed by atoms with Crippen molar-refractivity contribution in [1.29, 1.82) is 0 Å². The number of rotatable bonds is 7. The minimum Gasteiger partial charge on any atom is -0.313 e. The lowest BCUT2D eigenvalue weighted by molar-refractivity contribution is 0.230. The van der Waals surface area contributed by atoms with Gasteiger partial charge in [-0.25, -0.2) is 0 Å². The zero-order chi connectivity index (χ0) is 12.0. The first kappa shape index (κ1) is 13.7. The fourth-order valence-electron chi connectivity index (χ4n) is 1.83. The molecule has 0 spiro atoms. The third-order valence-corrected chi connectivity index (χ3v) is 4.25. The van der Waals surface area contributed by atoms with Gasteiger partial charge in [0.25, 0.3) is 0 Å². The van der Waals surface area contributed by atoms with Crippen molar-refractivity contribution in [3.8, 4) is 0 Å². The minimum absolute atomic E-state index is 0.372. The summed E-state index contributed by atoms with van der Waals surface area (Å²) < 4.78 is 0. The van der Waals surface area contributed by atoms with Crippen LogP contribution in [0.15, 0.2) is 16.8 Å². The van der Waals surface area contributed by atoms with E-state index in [0.717, 1.165) is 13.0 Å². The first-order valence-electron chi connectivity index (χ1n) is 6.34. The highest BCUT2D eigenvalue weighted by atomic mass is 32.1. The van der Waals surface area contributed by atoms with Crippen LogP contribution in [0.4, 0.5) is 0 Å². The quantitative estimate of drug-likeness (QED) is 0.755. The molecule has 2 heteroatoms. The van der Waals surface area contributed by atoms with Crippen LogP contribution < -0.4 is 5.32 Å². The van der Waals surface area contributed by atoms with E-state index in [1.54, 1.807) is 11.3 Å². The molecule has 1 heterocycles. The van der Waals surface area contributed by atoms with E-state index in [2.05, 4.69) is 49.8 Å². The first-order chi connectivity index (χ1) is 7.60. The molecule has 0 aliphatic carbocycles. The Morgan fingerprint density at radius 1 is 1.38 bits per heavy atom. The van der Waals surface area contributed by atoms with Crippen LogP contribution in [-0.4, -0.2) is 12.6 Å². The van der Waals surface area contributed by atoms with E-state index in [1.807, 2.05) is 0 Å². The van der Waals surface area contributed by atoms with Crippen LogP contribution in [0.5, 0.6) is 0 Å². The van der Waals surface area contributed by atoms with Crippen molar-refractivity contribution in [2.45, 2.75) is 53.0 Å². The number of nitrogens with one attached hydrogen (secondary N) is 1. The van der Waals surface area contributed by atoms with Gasteiger partial charge in [-0.2, -0.15) is 11.3 Å². The summed E-state index contributed by atoms with van der Waals surface area (Å²) >= 11 is 1.80. The highest BCUT2D eigenvalue weighted by molar-refractivity contribution is 7.07. The Kier molecular flexibility index (Phi) is 5.50. The number of hydrogen-bond donors (Lipinski definition) is 1. The summed E-state index contributed by atoms with van der Waals surface area (Å²) in [6.07, 6.45) is 3.59. The Labute approximate surface area is 104 Å². The lowest BCUT2D eigenvalue weighted by atomic mass is 9.79. The molecule has 0 amide bonds. The zero-order valence-electron chi connectivity index (χ0n) is 11.0. The standard InChI is InChI=1S/C14H25NS/c1-5-8-15-13(14(3,4)6-2)10-12-7-9-16-11-12/h7,9,11,13,15H,5-6,8,10H2,1-4H3. The maximum absolute atomic E-state index is 3.70. The molecule has 92 valence electrons. The summed E-state index contributed by atoms with van der Waals surface area (Å²) in [6.45, 7) is 10.4. The Hall–Kier alpha value is -0.340. The molecule has 0 bridgehead atoms. The second-order valence-corrected chi connectivity index (χ2v) is 5.96. The summed E-state index contributed by atoms with van der Waals surface area (Å²) in [4.78, 5) is 0. The molecule has 1 aromatic heterocycles. The van der Waals surface area contributed by atoms with Crippen molar-refractivity contribution in [3.63, 3.8) is 0 Å². The Morgan fingerprint density at radius 2 is 2.12 bits per heavy atom. The van der Waals surface area contributed by atoms with Gasteiger partial charge in [0.1, 0.15) is 0 Å². The molecule has 1 unspecified atom stereocenters. The third-order valence-electron chi connectivity index (χ3n) is 3.52. The van der Waals surface area contributed by atoms with Gasteiger partial charge in [0.2, 0.25) is 0 Å². The molecule has 16 heavy (non-hydrogen) atoms. The lowest BCUT2D eigenvalue weighted by Gasteiger charge is -2.34. The zero-order valence-corrected chi connectivity index (χ0v) is 11.9. The second kappa shape index (κ2) is 6.41. The molecule has 1 atom stereocenters. The Morgan fingerprint density at radius 3 is 2.62 bits per heavy atom. The van der Waals surface area contributed by atoms with Gasteiger partial charge in [0, 0.05) is 6.04 Å². The smallest absolute Gasteiger partial charge is 0.0159 e. The summed E-state index contributed by atoms with van der Waals surface area (Å²) in [6, 6.07) is 2.84. The molecular weight excluding hydrogens is 214 g/mol. The van der Waals surface area contributed by atoms with Crippen molar-refractivity contribution >= 4 is 11.3 Å². The van der Waals surface area contributed by atoms with Gasteiger partial charge in [0.15, 0.2) is 0 Å². The molecule has 1 N–H and O–H groups in total. The number of thiophene rings is 1. The molecule has 1 aromatic rings. The van der Waals surface area contributed by atoms with E-state index in [1.165, 1.54) is 18.4 Å². The average Bonchev–Trinajstić information content (AvgIpc) is 2.76. The minimum atomic E-state index is 0.372. The van der Waals surface area contributed by atoms with Crippen molar-refractivity contribution in [2.24, 2.45) is 5.41 Å². The second-order valence-electron chi connectivity index (χ2n) is 5.18. The lowest BCUT2D eigenvalue weighted by Crippen LogP contribution is -2.43. The largest absolute Gasteiger partial charge is 0.313 e. The molecule has 1 rings (SSSR count). The fraction of sp³-hybridized carbons (Fsp3) is 0.714. The predicted octanol–water partition coefficient (Wildman–Crippen LogP) is 4.10. The molecule has 0 aliphatic rings. The predicted molar refractivity (Wildman–Crippen MR) is 74.2 cm³/mol. The van der Waals surface area contributed by atoms with Gasteiger partial charge >= 0.3 is 0 Å². The van der Waals surface area contributed by atoms with Crippen LogP contribution in [0.1, 0.15) is 46.1 Å². The Balaban J connectivity index is 2.63. The van der Waals surface area contributed by atoms with Crippen molar-refractivity contribution in [2.75, 3.05) is 6.54 Å². The van der Waals surface area contributed by atoms with Gasteiger partial charge < -0.3 is 5.32 Å². The van der Waals surface area contributed by atoms with Gasteiger partial charge in [0.05, 0.1) is 0 Å². The van der Waals surface area contributed by atoms with E-state index in [9.17, 15) is 0 Å². The molecular formula is C14H25NS. The van der Waals surface area contributed by atoms with Crippen LogP contribution >= 0.6 is 11.3 Å². The van der Waals surface area contributed by atoms with Crippen LogP contribution in [-0.2, 0) is 6.42 Å². The van der Waals surface area contributed by atoms with Gasteiger partial charge in [-0.15, -0.1) is 0 Å². The normalized spacial score (nSPS) is 14.0. The monoisotopic (exact) mass is 239 g/mol.